The number of likely N-dealkylation sites (tertiary alicyclic amines) is 1. The van der Waals surface area contributed by atoms with Gasteiger partial charge in [0.25, 0.3) is 0 Å². The third kappa shape index (κ3) is 25.6. The number of ether oxygens (including phenoxy) is 6. The standard InChI is InChI=1S/C28H33F3N6O3.C17H21ClN4O2.C14H23BN2O3.C12H13ClN4O.C9H10Cl2N2O.C2H5IO/c1-19-2-3-22(33-27(39)36-7-5-20(18-36)17-28(29,30)31)16-23(19)21-14-24(25-4-6-32-37(25)8-11-38)34-26(15-21)35-9-12-40-13-10-35;18-13-11-14(20-16(12-13)21-6-9-23-10-7-21)15-4-5-19-22(15)17-3-1-2-8-24-17;1-13(2)14(3,4)20-15(19-13)11-8-9-16-17(11)12-7-5-6-10-18-12;13-9-7-11(10-1-2-14-16-10)15-12(8-9)17-3-5-18-6-4-17;10-7-5-8(11)12-9(6-7)13-1-3-14-4-2-13;3-1-2-4/h2-4,6,14-16,20,38H,5,7-13,17-18H2,1H3,(H,33,39);4-5,11-12,17H,1-3,6-10H2;8-9,12H,5-7,10H2,1-4H3;1-2,7-8H,3-6H2,(H,14,16);5-6H,1-4H2;4H,1-2H2/t20-;;;;;/m0...../s1. The number of pyridine rings is 4. The lowest BCUT2D eigenvalue weighted by atomic mass is 9.84. The first kappa shape index (κ1) is 91.7. The van der Waals surface area contributed by atoms with E-state index in [4.69, 9.17) is 99.2 Å². The number of aryl methyl sites for hydroxylation is 1. The Labute approximate surface area is 731 Å². The van der Waals surface area contributed by atoms with Gasteiger partial charge < -0.3 is 77.8 Å². The van der Waals surface area contributed by atoms with Gasteiger partial charge in [-0.1, -0.05) is 75.1 Å². The monoisotopic (exact) mass is 1850 g/mol. The third-order valence-corrected chi connectivity index (χ3v) is 22.8. The number of aliphatic hydroxyl groups excluding tert-OH is 2. The summed E-state index contributed by atoms with van der Waals surface area (Å²) in [5, 5.41) is 42.7. The predicted octanol–water partition coefficient (Wildman–Crippen LogP) is 14.2. The number of benzene rings is 1. The summed E-state index contributed by atoms with van der Waals surface area (Å²) in [6.45, 7) is 24.8. The first-order chi connectivity index (χ1) is 57.9. The lowest BCUT2D eigenvalue weighted by Gasteiger charge is -2.32. The second-order valence-corrected chi connectivity index (χ2v) is 33.3. The summed E-state index contributed by atoms with van der Waals surface area (Å²) in [7, 11) is -0.381. The van der Waals surface area contributed by atoms with Crippen molar-refractivity contribution >= 4 is 117 Å². The number of hydrogen-bond acceptors (Lipinski definition) is 23. The number of aliphatic hydroxyl groups is 2. The molecule has 17 rings (SSSR count). The second kappa shape index (κ2) is 44.2. The van der Waals surface area contributed by atoms with Crippen molar-refractivity contribution in [1.82, 2.24) is 64.4 Å². The Morgan fingerprint density at radius 3 is 1.59 bits per heavy atom. The van der Waals surface area contributed by atoms with Crippen molar-refractivity contribution in [3.8, 4) is 45.3 Å². The van der Waals surface area contributed by atoms with Gasteiger partial charge in [-0.15, -0.1) is 0 Å². The number of aromatic nitrogens is 12. The molecule has 0 spiro atoms. The van der Waals surface area contributed by atoms with E-state index in [2.05, 4.69) is 111 Å². The number of halogens is 8. The van der Waals surface area contributed by atoms with Gasteiger partial charge in [-0.3, -0.25) is 9.78 Å². The highest BCUT2D eigenvalue weighted by Gasteiger charge is 2.53. The zero-order valence-electron chi connectivity index (χ0n) is 68.2. The summed E-state index contributed by atoms with van der Waals surface area (Å²) >= 11 is 26.3. The molecular formula is C82H105BCl4F3IN18O11. The Hall–Kier alpha value is -7.53. The van der Waals surface area contributed by atoms with Crippen LogP contribution in [-0.2, 0) is 44.3 Å². The molecule has 648 valence electrons. The van der Waals surface area contributed by atoms with E-state index in [0.717, 1.165) is 203 Å². The SMILES string of the molecule is CC1(C)OB(c2ccnn2C2CCCCO2)OC1(C)C.Cc1ccc(NC(=O)N2CC[C@@H](CC(F)(F)F)C2)cc1-c1cc(-c2ccnn2CCO)nc(N2CCOCC2)c1.Clc1cc(-c2ccn[nH]2)nc(N2CCOCC2)c1.Clc1cc(-c2ccnn2C2CCCCO2)nc(N2CCOCC2)c1.Clc1cc(Cl)nc(N2CCOCC2)c1.OCCI. The zero-order chi connectivity index (χ0) is 84.8. The minimum atomic E-state index is -4.23. The van der Waals surface area contributed by atoms with Crippen LogP contribution in [0.3, 0.4) is 0 Å². The van der Waals surface area contributed by atoms with Gasteiger partial charge in [0.1, 0.15) is 34.7 Å². The smallest absolute Gasteiger partial charge is 0.398 e. The van der Waals surface area contributed by atoms with Gasteiger partial charge >= 0.3 is 19.3 Å². The molecule has 0 radical (unpaired) electrons. The van der Waals surface area contributed by atoms with Crippen molar-refractivity contribution in [2.75, 3.05) is 174 Å². The molecule has 8 fully saturated rings. The number of amides is 2. The quantitative estimate of drug-likeness (QED) is 0.0302. The van der Waals surface area contributed by atoms with Crippen molar-refractivity contribution in [2.24, 2.45) is 5.92 Å². The summed E-state index contributed by atoms with van der Waals surface area (Å²) < 4.78 is 90.2. The van der Waals surface area contributed by atoms with E-state index < -0.39 is 24.5 Å². The number of anilines is 5. The number of carbonyl (C=O) groups is 1. The number of rotatable bonds is 16. The number of H-pyrrole nitrogens is 1. The summed E-state index contributed by atoms with van der Waals surface area (Å²) in [6.07, 6.45) is 8.72. The van der Waals surface area contributed by atoms with Crippen molar-refractivity contribution in [3.05, 3.63) is 142 Å². The summed E-state index contributed by atoms with van der Waals surface area (Å²) in [5.74, 6) is 2.81. The summed E-state index contributed by atoms with van der Waals surface area (Å²) in [5.41, 5.74) is 8.52. The number of morpholine rings is 4. The van der Waals surface area contributed by atoms with Gasteiger partial charge in [0.05, 0.1) is 124 Å². The van der Waals surface area contributed by atoms with E-state index in [0.29, 0.717) is 84.0 Å². The average Bonchev–Trinajstić information content (AvgIpc) is 1.56. The molecule has 2 unspecified atom stereocenters. The van der Waals surface area contributed by atoms with E-state index >= 15 is 0 Å². The van der Waals surface area contributed by atoms with E-state index in [1.807, 2.05) is 95.2 Å². The van der Waals surface area contributed by atoms with Crippen LogP contribution in [0.4, 0.5) is 46.9 Å². The maximum atomic E-state index is 12.9. The fourth-order valence-corrected chi connectivity index (χ4v) is 15.4. The molecule has 9 aromatic rings. The highest BCUT2D eigenvalue weighted by atomic mass is 127. The Balaban J connectivity index is 0.000000143. The second-order valence-electron chi connectivity index (χ2n) is 30.5. The minimum Gasteiger partial charge on any atom is -0.398 e. The van der Waals surface area contributed by atoms with Crippen LogP contribution >= 0.6 is 69.0 Å². The fourth-order valence-electron chi connectivity index (χ4n) is 14.6. The van der Waals surface area contributed by atoms with Crippen LogP contribution in [0.15, 0.2) is 116 Å². The minimum absolute atomic E-state index is 0.00720. The van der Waals surface area contributed by atoms with Gasteiger partial charge in [0, 0.05) is 135 Å². The topological polar surface area (TPSA) is 293 Å². The molecule has 29 nitrogen and oxygen atoms in total. The Morgan fingerprint density at radius 2 is 1.07 bits per heavy atom. The lowest BCUT2D eigenvalue weighted by Crippen LogP contribution is -2.42. The highest BCUT2D eigenvalue weighted by Crippen LogP contribution is 2.39. The largest absolute Gasteiger partial charge is 0.514 e. The molecule has 0 bridgehead atoms. The molecule has 38 heteroatoms. The van der Waals surface area contributed by atoms with E-state index in [-0.39, 0.29) is 43.9 Å². The van der Waals surface area contributed by atoms with Gasteiger partial charge in [-0.05, 0) is 187 Å². The van der Waals surface area contributed by atoms with Crippen LogP contribution in [-0.4, -0.2) is 254 Å². The van der Waals surface area contributed by atoms with Gasteiger partial charge in [0.15, 0.2) is 6.23 Å². The molecule has 2 amide bonds. The molecule has 3 atom stereocenters. The third-order valence-electron chi connectivity index (χ3n) is 21.5. The maximum Gasteiger partial charge on any atom is 0.514 e. The molecule has 8 aromatic heterocycles. The van der Waals surface area contributed by atoms with Gasteiger partial charge in [0.2, 0.25) is 0 Å². The number of aromatic amines is 1. The summed E-state index contributed by atoms with van der Waals surface area (Å²) in [6, 6.07) is 27.8. The van der Waals surface area contributed by atoms with Crippen LogP contribution < -0.4 is 30.5 Å². The number of carbonyl (C=O) groups excluding carboxylic acids is 1. The molecule has 4 N–H and O–H groups in total. The van der Waals surface area contributed by atoms with Crippen molar-refractivity contribution in [1.29, 1.82) is 0 Å². The fraction of sp³-hybridized carbons (Fsp3) is 0.524. The molecule has 0 aliphatic carbocycles. The van der Waals surface area contributed by atoms with Gasteiger partial charge in [-0.2, -0.15) is 33.6 Å². The molecular weight excluding hydrogens is 1750 g/mol. The molecule has 8 aliphatic heterocycles. The van der Waals surface area contributed by atoms with E-state index in [1.165, 1.54) is 11.3 Å². The van der Waals surface area contributed by atoms with Crippen molar-refractivity contribution < 1.29 is 65.9 Å². The molecule has 120 heavy (non-hydrogen) atoms. The first-order valence-corrected chi connectivity index (χ1v) is 43.7. The Kier molecular flexibility index (Phi) is 33.8. The van der Waals surface area contributed by atoms with Crippen LogP contribution in [0.5, 0.6) is 0 Å². The molecule has 16 heterocycles. The Bertz CT molecular complexity index is 4660. The van der Waals surface area contributed by atoms with E-state index in [9.17, 15) is 23.1 Å². The molecule has 0 saturated carbocycles. The lowest BCUT2D eigenvalue weighted by molar-refractivity contribution is -0.143. The highest BCUT2D eigenvalue weighted by molar-refractivity contribution is 14.1. The predicted molar refractivity (Wildman–Crippen MR) is 467 cm³/mol. The van der Waals surface area contributed by atoms with Crippen molar-refractivity contribution in [3.63, 3.8) is 0 Å². The Morgan fingerprint density at radius 1 is 0.567 bits per heavy atom. The number of hydrogen-bond donors (Lipinski definition) is 4. The molecule has 8 aliphatic rings. The van der Waals surface area contributed by atoms with Crippen LogP contribution in [0.25, 0.3) is 45.3 Å². The van der Waals surface area contributed by atoms with Crippen LogP contribution in [0.2, 0.25) is 20.2 Å². The first-order valence-electron chi connectivity index (χ1n) is 40.6. The molecule has 1 aromatic carbocycles. The van der Waals surface area contributed by atoms with Gasteiger partial charge in [-0.25, -0.2) is 34.1 Å². The van der Waals surface area contributed by atoms with Crippen LogP contribution in [0.1, 0.15) is 97.1 Å². The van der Waals surface area contributed by atoms with Crippen molar-refractivity contribution in [2.45, 2.75) is 122 Å². The number of urea groups is 1. The van der Waals surface area contributed by atoms with E-state index in [1.54, 1.807) is 41.6 Å². The number of nitrogens with zero attached hydrogens (tertiary/aromatic N) is 16. The maximum absolute atomic E-state index is 12.9. The zero-order valence-corrected chi connectivity index (χ0v) is 73.3. The number of nitrogens with one attached hydrogen (secondary N) is 2. The molecule has 8 saturated heterocycles. The number of alkyl halides is 4. The normalized spacial score (nSPS) is 19.8. The average molecular weight is 1860 g/mol. The summed E-state index contributed by atoms with van der Waals surface area (Å²) in [4.78, 5) is 41.6. The van der Waals surface area contributed by atoms with Crippen LogP contribution in [0, 0.1) is 12.8 Å².